The maximum atomic E-state index is 10.6. The van der Waals surface area contributed by atoms with E-state index in [1.807, 2.05) is 0 Å². The number of carbonyl (C=O) groups excluding carboxylic acids is 2. The van der Waals surface area contributed by atoms with Crippen molar-refractivity contribution in [2.24, 2.45) is 5.92 Å². The molecule has 74 valence electrons. The van der Waals surface area contributed by atoms with Crippen LogP contribution < -0.4 is 15.3 Å². The standard InChI is InChI=1S/C6H7O7/c7-3(8)1-2(5(10)11)4(9)6(12)13/h2,4H,1H2,(H,7,8)(H,10,11)(H,12,13)/q-1/p-2/t2-,4-/m0/s1. The van der Waals surface area contributed by atoms with Crippen LogP contribution in [0.5, 0.6) is 0 Å². The molecule has 0 saturated carbocycles. The number of carboxylic acid groups (broad SMARTS) is 3. The number of rotatable bonds is 5. The fourth-order valence-electron chi connectivity index (χ4n) is 0.666. The van der Waals surface area contributed by atoms with Gasteiger partial charge in [0.15, 0.2) is 0 Å². The lowest BCUT2D eigenvalue weighted by molar-refractivity contribution is -0.426. The average molecular weight is 189 g/mol. The second kappa shape index (κ2) is 4.41. The molecule has 0 bridgehead atoms. The maximum absolute atomic E-state index is 10.6. The average Bonchev–Trinajstić information content (AvgIpc) is 1.97. The van der Waals surface area contributed by atoms with Gasteiger partial charge in [0.05, 0.1) is 0 Å². The zero-order valence-electron chi connectivity index (χ0n) is 6.26. The van der Waals surface area contributed by atoms with Gasteiger partial charge in [-0.3, -0.25) is 4.79 Å². The third-order valence-corrected chi connectivity index (χ3v) is 1.30. The smallest absolute Gasteiger partial charge is 0.290 e. The topological polar surface area (TPSA) is 141 Å². The molecule has 7 nitrogen and oxygen atoms in total. The first-order valence-corrected chi connectivity index (χ1v) is 3.15. The minimum atomic E-state index is -2.55. The normalized spacial score (nSPS) is 14.5. The summed E-state index contributed by atoms with van der Waals surface area (Å²) in [6, 6.07) is 0. The van der Waals surface area contributed by atoms with Gasteiger partial charge >= 0.3 is 0 Å². The highest BCUT2D eigenvalue weighted by Gasteiger charge is 2.19. The lowest BCUT2D eigenvalue weighted by Crippen LogP contribution is -2.51. The molecule has 0 fully saturated rings. The molecule has 0 spiro atoms. The molecule has 0 saturated heterocycles. The molecular weight excluding hydrogens is 184 g/mol. The summed E-state index contributed by atoms with van der Waals surface area (Å²) in [4.78, 5) is 30.0. The van der Waals surface area contributed by atoms with Crippen molar-refractivity contribution in [3.63, 3.8) is 0 Å². The van der Waals surface area contributed by atoms with Crippen molar-refractivity contribution in [1.82, 2.24) is 0 Å². The van der Waals surface area contributed by atoms with E-state index in [0.717, 1.165) is 0 Å². The van der Waals surface area contributed by atoms with Crippen molar-refractivity contribution in [3.8, 4) is 0 Å². The Morgan fingerprint density at radius 1 is 1.23 bits per heavy atom. The number of carbonyl (C=O) groups is 3. The van der Waals surface area contributed by atoms with Crippen LogP contribution in [0.1, 0.15) is 6.42 Å². The number of aliphatic carboxylic acids is 3. The fourth-order valence-corrected chi connectivity index (χ4v) is 0.666. The van der Waals surface area contributed by atoms with Crippen LogP contribution in [0.3, 0.4) is 0 Å². The summed E-state index contributed by atoms with van der Waals surface area (Å²) in [7, 11) is 0. The molecule has 0 radical (unpaired) electrons. The van der Waals surface area contributed by atoms with E-state index in [1.54, 1.807) is 0 Å². The molecule has 0 rings (SSSR count). The van der Waals surface area contributed by atoms with Crippen molar-refractivity contribution in [2.45, 2.75) is 12.5 Å². The highest BCUT2D eigenvalue weighted by atomic mass is 16.4. The molecule has 0 unspecified atom stereocenters. The van der Waals surface area contributed by atoms with Crippen LogP contribution in [0.25, 0.3) is 0 Å². The summed E-state index contributed by atoms with van der Waals surface area (Å²) >= 11 is 0. The predicted octanol–water partition coefficient (Wildman–Crippen LogP) is -4.69. The fraction of sp³-hybridized carbons (Fsp3) is 0.500. The molecule has 0 aliphatic rings. The SMILES string of the molecule is O=C([O-])C[C@H](C(=O)[O-])[C@H]([O-])C(=O)O. The zero-order chi connectivity index (χ0) is 10.6. The third-order valence-electron chi connectivity index (χ3n) is 1.30. The van der Waals surface area contributed by atoms with E-state index < -0.39 is 36.4 Å². The molecule has 0 amide bonds. The third kappa shape index (κ3) is 3.52. The van der Waals surface area contributed by atoms with Crippen molar-refractivity contribution in [2.75, 3.05) is 0 Å². The van der Waals surface area contributed by atoms with Gasteiger partial charge in [0.25, 0.3) is 5.97 Å². The van der Waals surface area contributed by atoms with E-state index >= 15 is 0 Å². The summed E-state index contributed by atoms with van der Waals surface area (Å²) in [6.45, 7) is 0. The Labute approximate surface area is 72.2 Å². The molecule has 13 heavy (non-hydrogen) atoms. The summed E-state index contributed by atoms with van der Waals surface area (Å²) in [5.41, 5.74) is 0. The Morgan fingerprint density at radius 2 is 1.69 bits per heavy atom. The molecule has 0 aromatic carbocycles. The van der Waals surface area contributed by atoms with E-state index in [2.05, 4.69) is 0 Å². The van der Waals surface area contributed by atoms with E-state index in [-0.39, 0.29) is 0 Å². The van der Waals surface area contributed by atoms with E-state index in [4.69, 9.17) is 5.11 Å². The highest BCUT2D eigenvalue weighted by molar-refractivity contribution is 5.83. The number of hydrogen-bond donors (Lipinski definition) is 1. The number of carboxylic acids is 3. The first-order chi connectivity index (χ1) is 5.86. The van der Waals surface area contributed by atoms with E-state index in [1.165, 1.54) is 0 Å². The second-order valence-corrected chi connectivity index (χ2v) is 2.26. The van der Waals surface area contributed by atoms with Crippen molar-refractivity contribution < 1.29 is 34.8 Å². The van der Waals surface area contributed by atoms with Crippen LogP contribution in [0.2, 0.25) is 0 Å². The van der Waals surface area contributed by atoms with Gasteiger partial charge < -0.3 is 30.0 Å². The van der Waals surface area contributed by atoms with Crippen LogP contribution in [0.15, 0.2) is 0 Å². The molecule has 1 N–H and O–H groups in total. The van der Waals surface area contributed by atoms with E-state index in [0.29, 0.717) is 0 Å². The Kier molecular flexibility index (Phi) is 3.86. The van der Waals surface area contributed by atoms with Crippen LogP contribution in [-0.2, 0) is 14.4 Å². The summed E-state index contributed by atoms with van der Waals surface area (Å²) in [5, 5.41) is 38.7. The Hall–Kier alpha value is -1.63. The molecule has 0 aromatic rings. The van der Waals surface area contributed by atoms with Gasteiger partial charge in [-0.25, -0.2) is 0 Å². The minimum absolute atomic E-state index is 1.16. The zero-order valence-corrected chi connectivity index (χ0v) is 6.26. The van der Waals surface area contributed by atoms with Gasteiger partial charge in [0.1, 0.15) is 0 Å². The molecule has 0 aliphatic carbocycles. The minimum Gasteiger partial charge on any atom is -0.843 e. The molecular formula is C6H5O7-3. The van der Waals surface area contributed by atoms with Gasteiger partial charge in [0, 0.05) is 17.9 Å². The summed E-state index contributed by atoms with van der Waals surface area (Å²) in [6.07, 6.45) is -3.72. The number of hydrogen-bond acceptors (Lipinski definition) is 6. The predicted molar refractivity (Wildman–Crippen MR) is 29.5 cm³/mol. The quantitative estimate of drug-likeness (QED) is 0.458. The molecule has 0 aromatic heterocycles. The van der Waals surface area contributed by atoms with Gasteiger partial charge in [-0.1, -0.05) is 0 Å². The van der Waals surface area contributed by atoms with Gasteiger partial charge in [-0.05, 0) is 12.5 Å². The summed E-state index contributed by atoms with van der Waals surface area (Å²) in [5.74, 6) is -7.86. The first kappa shape index (κ1) is 11.4. The Morgan fingerprint density at radius 3 is 1.92 bits per heavy atom. The van der Waals surface area contributed by atoms with E-state index in [9.17, 15) is 29.7 Å². The molecule has 0 aliphatic heterocycles. The van der Waals surface area contributed by atoms with Crippen molar-refractivity contribution in [3.05, 3.63) is 0 Å². The van der Waals surface area contributed by atoms with Crippen molar-refractivity contribution >= 4 is 17.9 Å². The lowest BCUT2D eigenvalue weighted by Gasteiger charge is -2.29. The summed E-state index contributed by atoms with van der Waals surface area (Å²) < 4.78 is 0. The molecule has 2 atom stereocenters. The largest absolute Gasteiger partial charge is 0.843 e. The highest BCUT2D eigenvalue weighted by Crippen LogP contribution is 2.05. The maximum Gasteiger partial charge on any atom is 0.290 e. The monoisotopic (exact) mass is 189 g/mol. The van der Waals surface area contributed by atoms with Gasteiger partial charge in [-0.15, -0.1) is 0 Å². The second-order valence-electron chi connectivity index (χ2n) is 2.26. The van der Waals surface area contributed by atoms with Crippen molar-refractivity contribution in [1.29, 1.82) is 0 Å². The van der Waals surface area contributed by atoms with Crippen LogP contribution >= 0.6 is 0 Å². The Bertz CT molecular complexity index is 233. The molecule has 0 heterocycles. The van der Waals surface area contributed by atoms with Crippen LogP contribution in [0.4, 0.5) is 0 Å². The lowest BCUT2D eigenvalue weighted by atomic mass is 9.99. The molecule has 7 heteroatoms. The Balaban J connectivity index is 4.51. The van der Waals surface area contributed by atoms with Crippen LogP contribution in [0, 0.1) is 5.92 Å². The van der Waals surface area contributed by atoms with Crippen LogP contribution in [-0.4, -0.2) is 29.1 Å². The van der Waals surface area contributed by atoms with Gasteiger partial charge in [-0.2, -0.15) is 0 Å². The van der Waals surface area contributed by atoms with Gasteiger partial charge in [0.2, 0.25) is 0 Å². The first-order valence-electron chi connectivity index (χ1n) is 3.15.